The molecule has 7 heteroatoms. The predicted molar refractivity (Wildman–Crippen MR) is 97.3 cm³/mol. The van der Waals surface area contributed by atoms with Gasteiger partial charge in [0, 0.05) is 18.7 Å². The lowest BCUT2D eigenvalue weighted by Gasteiger charge is -2.08. The number of anilines is 1. The fourth-order valence-electron chi connectivity index (χ4n) is 1.84. The van der Waals surface area contributed by atoms with Crippen molar-refractivity contribution in [3.05, 3.63) is 29.8 Å². The van der Waals surface area contributed by atoms with Crippen molar-refractivity contribution in [1.29, 1.82) is 0 Å². The van der Waals surface area contributed by atoms with E-state index in [1.807, 2.05) is 31.2 Å². The summed E-state index contributed by atoms with van der Waals surface area (Å²) in [5.74, 6) is -0.164. The Bertz CT molecular complexity index is 544. The van der Waals surface area contributed by atoms with Crippen LogP contribution in [0.15, 0.2) is 29.4 Å². The van der Waals surface area contributed by atoms with Crippen LogP contribution < -0.4 is 16.5 Å². The Kier molecular flexibility index (Phi) is 8.67. The normalized spacial score (nSPS) is 11.0. The van der Waals surface area contributed by atoms with Crippen LogP contribution in [0.4, 0.5) is 5.69 Å². The van der Waals surface area contributed by atoms with Crippen LogP contribution in [0.1, 0.15) is 38.2 Å². The third-order valence-electron chi connectivity index (χ3n) is 3.22. The summed E-state index contributed by atoms with van der Waals surface area (Å²) in [6.45, 7) is 2.64. The number of hydrazone groups is 1. The van der Waals surface area contributed by atoms with Gasteiger partial charge in [-0.2, -0.15) is 5.10 Å². The number of nitrogens with two attached hydrogens (primary N) is 1. The second-order valence-electron chi connectivity index (χ2n) is 5.07. The van der Waals surface area contributed by atoms with Crippen LogP contribution in [0.3, 0.4) is 0 Å². The molecule has 0 atom stereocenters. The van der Waals surface area contributed by atoms with Gasteiger partial charge in [-0.05, 0) is 49.7 Å². The number of benzene rings is 1. The van der Waals surface area contributed by atoms with Crippen molar-refractivity contribution < 1.29 is 9.53 Å². The van der Waals surface area contributed by atoms with E-state index >= 15 is 0 Å². The lowest BCUT2D eigenvalue weighted by Crippen LogP contribution is -2.33. The molecule has 0 radical (unpaired) electrons. The monoisotopic (exact) mass is 336 g/mol. The van der Waals surface area contributed by atoms with Gasteiger partial charge >= 0.3 is 5.97 Å². The first-order chi connectivity index (χ1) is 11.0. The maximum atomic E-state index is 10.9. The number of methoxy groups -OCH3 is 1. The molecule has 126 valence electrons. The van der Waals surface area contributed by atoms with Crippen molar-refractivity contribution in [3.8, 4) is 0 Å². The first kappa shape index (κ1) is 18.9. The lowest BCUT2D eigenvalue weighted by atomic mass is 10.1. The number of hydrogen-bond donors (Lipinski definition) is 3. The zero-order valence-electron chi connectivity index (χ0n) is 13.6. The van der Waals surface area contributed by atoms with Gasteiger partial charge in [0.1, 0.15) is 0 Å². The molecule has 1 aromatic carbocycles. The quantitative estimate of drug-likeness (QED) is 0.168. The molecule has 1 aromatic rings. The number of rotatable bonds is 8. The predicted octanol–water partition coefficient (Wildman–Crippen LogP) is 2.19. The Hall–Kier alpha value is -2.15. The lowest BCUT2D eigenvalue weighted by molar-refractivity contribution is -0.140. The molecule has 0 amide bonds. The van der Waals surface area contributed by atoms with Crippen LogP contribution in [0, 0.1) is 0 Å². The number of thiocarbonyl (C=S) groups is 1. The summed E-state index contributed by atoms with van der Waals surface area (Å²) in [6.07, 6.45) is 3.16. The molecule has 4 N–H and O–H groups in total. The van der Waals surface area contributed by atoms with E-state index in [-0.39, 0.29) is 5.97 Å². The van der Waals surface area contributed by atoms with Crippen LogP contribution in [0.5, 0.6) is 0 Å². The van der Waals surface area contributed by atoms with Crippen molar-refractivity contribution >= 4 is 34.7 Å². The van der Waals surface area contributed by atoms with Gasteiger partial charge in [0.05, 0.1) is 12.8 Å². The molecule has 0 saturated heterocycles. The number of carbonyl (C=O) groups excluding carboxylic acids is 1. The number of carbonyl (C=O) groups is 1. The first-order valence-corrected chi connectivity index (χ1v) is 7.94. The molecule has 6 nitrogen and oxygen atoms in total. The van der Waals surface area contributed by atoms with Crippen LogP contribution >= 0.6 is 12.2 Å². The van der Waals surface area contributed by atoms with E-state index in [0.29, 0.717) is 11.5 Å². The summed E-state index contributed by atoms with van der Waals surface area (Å²) >= 11 is 5.16. The van der Waals surface area contributed by atoms with Crippen molar-refractivity contribution in [2.45, 2.75) is 32.6 Å². The van der Waals surface area contributed by atoms with Gasteiger partial charge in [0.2, 0.25) is 0 Å². The van der Waals surface area contributed by atoms with Crippen LogP contribution in [-0.2, 0) is 9.53 Å². The van der Waals surface area contributed by atoms with E-state index in [0.717, 1.165) is 42.8 Å². The largest absolute Gasteiger partial charge is 0.469 e. The molecular weight excluding hydrogens is 312 g/mol. The molecule has 0 spiro atoms. The number of ether oxygens (including phenoxy) is 1. The van der Waals surface area contributed by atoms with Gasteiger partial charge in [-0.1, -0.05) is 18.6 Å². The minimum atomic E-state index is -0.164. The molecule has 0 unspecified atom stereocenters. The fourth-order valence-corrected chi connectivity index (χ4v) is 1.99. The summed E-state index contributed by atoms with van der Waals surface area (Å²) < 4.78 is 4.59. The number of esters is 1. The highest BCUT2D eigenvalue weighted by Crippen LogP contribution is 2.06. The molecule has 0 saturated carbocycles. The summed E-state index contributed by atoms with van der Waals surface area (Å²) in [5, 5.41) is 7.79. The van der Waals surface area contributed by atoms with Crippen molar-refractivity contribution in [2.75, 3.05) is 19.4 Å². The van der Waals surface area contributed by atoms with E-state index in [4.69, 9.17) is 18.0 Å². The molecule has 0 fully saturated rings. The van der Waals surface area contributed by atoms with E-state index < -0.39 is 0 Å². The summed E-state index contributed by atoms with van der Waals surface area (Å²) in [6, 6.07) is 7.49. The Labute approximate surface area is 142 Å². The average Bonchev–Trinajstić information content (AvgIpc) is 2.56. The molecular formula is C16H24N4O2S. The first-order valence-electron chi connectivity index (χ1n) is 7.53. The summed E-state index contributed by atoms with van der Waals surface area (Å²) in [7, 11) is 1.40. The highest BCUT2D eigenvalue weighted by atomic mass is 32.1. The van der Waals surface area contributed by atoms with E-state index in [2.05, 4.69) is 20.6 Å². The van der Waals surface area contributed by atoms with E-state index in [9.17, 15) is 4.79 Å². The molecule has 23 heavy (non-hydrogen) atoms. The Morgan fingerprint density at radius 3 is 2.61 bits per heavy atom. The topological polar surface area (TPSA) is 88.7 Å². The average molecular weight is 336 g/mol. The Morgan fingerprint density at radius 2 is 1.96 bits per heavy atom. The van der Waals surface area contributed by atoms with Crippen LogP contribution in [0.25, 0.3) is 0 Å². The zero-order valence-corrected chi connectivity index (χ0v) is 14.4. The number of hydrogen-bond acceptors (Lipinski definition) is 5. The number of nitrogens with zero attached hydrogens (tertiary/aromatic N) is 1. The van der Waals surface area contributed by atoms with E-state index in [1.165, 1.54) is 7.11 Å². The molecule has 0 aromatic heterocycles. The molecule has 0 aliphatic carbocycles. The molecule has 0 aliphatic rings. The highest BCUT2D eigenvalue weighted by Gasteiger charge is 2.00. The van der Waals surface area contributed by atoms with E-state index in [1.54, 1.807) is 0 Å². The minimum Gasteiger partial charge on any atom is -0.469 e. The van der Waals surface area contributed by atoms with Crippen molar-refractivity contribution in [1.82, 2.24) is 10.7 Å². The summed E-state index contributed by atoms with van der Waals surface area (Å²) in [5.41, 5.74) is 11.0. The SMILES string of the molecule is COC(=O)CCCCCNC(=S)N/N=C(/C)c1ccc(N)cc1. The number of nitrogens with one attached hydrogen (secondary N) is 2. The van der Waals surface area contributed by atoms with Crippen LogP contribution in [-0.4, -0.2) is 30.4 Å². The zero-order chi connectivity index (χ0) is 17.1. The molecule has 0 heterocycles. The third kappa shape index (κ3) is 8.15. The Morgan fingerprint density at radius 1 is 1.26 bits per heavy atom. The highest BCUT2D eigenvalue weighted by molar-refractivity contribution is 7.80. The fraction of sp³-hybridized carbons (Fsp3) is 0.438. The van der Waals surface area contributed by atoms with Crippen LogP contribution in [0.2, 0.25) is 0 Å². The standard InChI is InChI=1S/C16H24N4O2S/c1-12(13-7-9-14(17)10-8-13)19-20-16(23)18-11-5-3-4-6-15(21)22-2/h7-10H,3-6,11,17H2,1-2H3,(H2,18,20,23)/b19-12-. The second-order valence-corrected chi connectivity index (χ2v) is 5.48. The van der Waals surface area contributed by atoms with Gasteiger partial charge in [0.15, 0.2) is 5.11 Å². The summed E-state index contributed by atoms with van der Waals surface area (Å²) in [4.78, 5) is 10.9. The number of nitrogen functional groups attached to an aromatic ring is 1. The molecule has 1 rings (SSSR count). The Balaban J connectivity index is 2.20. The maximum Gasteiger partial charge on any atom is 0.305 e. The second kappa shape index (κ2) is 10.6. The maximum absolute atomic E-state index is 10.9. The molecule has 0 aliphatic heterocycles. The third-order valence-corrected chi connectivity index (χ3v) is 3.46. The van der Waals surface area contributed by atoms with Gasteiger partial charge < -0.3 is 15.8 Å². The minimum absolute atomic E-state index is 0.164. The van der Waals surface area contributed by atoms with Gasteiger partial charge in [0.25, 0.3) is 0 Å². The molecule has 0 bridgehead atoms. The van der Waals surface area contributed by atoms with Gasteiger partial charge in [-0.25, -0.2) is 0 Å². The smallest absolute Gasteiger partial charge is 0.305 e. The van der Waals surface area contributed by atoms with Crippen molar-refractivity contribution in [3.63, 3.8) is 0 Å². The van der Waals surface area contributed by atoms with Crippen molar-refractivity contribution in [2.24, 2.45) is 5.10 Å². The van der Waals surface area contributed by atoms with Gasteiger partial charge in [-0.3, -0.25) is 10.2 Å². The number of unbranched alkanes of at least 4 members (excludes halogenated alkanes) is 2. The van der Waals surface area contributed by atoms with Gasteiger partial charge in [-0.15, -0.1) is 0 Å².